The van der Waals surface area contributed by atoms with Crippen molar-refractivity contribution in [3.8, 4) is 0 Å². The Balaban J connectivity index is 2.79. The molecule has 0 aliphatic heterocycles. The fourth-order valence-electron chi connectivity index (χ4n) is 1.26. The first-order chi connectivity index (χ1) is 6.09. The topological polar surface area (TPSA) is 25.8 Å². The lowest BCUT2D eigenvalue weighted by Crippen LogP contribution is -2.01. The summed E-state index contributed by atoms with van der Waals surface area (Å²) in [6.07, 6.45) is 2.72. The van der Waals surface area contributed by atoms with Crippen LogP contribution in [-0.2, 0) is 6.42 Å². The SMILES string of the molecule is CC(C)Cc1cc(C(C)C)ncn1. The van der Waals surface area contributed by atoms with Gasteiger partial charge >= 0.3 is 0 Å². The highest BCUT2D eigenvalue weighted by Crippen LogP contribution is 2.12. The molecule has 0 atom stereocenters. The van der Waals surface area contributed by atoms with E-state index in [0.29, 0.717) is 11.8 Å². The maximum Gasteiger partial charge on any atom is 0.115 e. The highest BCUT2D eigenvalue weighted by molar-refractivity contribution is 5.11. The molecule has 1 heterocycles. The molecule has 0 aliphatic carbocycles. The summed E-state index contributed by atoms with van der Waals surface area (Å²) in [4.78, 5) is 8.49. The molecule has 72 valence electrons. The van der Waals surface area contributed by atoms with Crippen LogP contribution in [0, 0.1) is 5.92 Å². The Morgan fingerprint density at radius 1 is 1.15 bits per heavy atom. The van der Waals surface area contributed by atoms with E-state index in [2.05, 4.69) is 43.7 Å². The molecule has 0 radical (unpaired) electrons. The Kier molecular flexibility index (Phi) is 3.40. The molecule has 13 heavy (non-hydrogen) atoms. The van der Waals surface area contributed by atoms with Gasteiger partial charge in [0.05, 0.1) is 0 Å². The lowest BCUT2D eigenvalue weighted by molar-refractivity contribution is 0.630. The Morgan fingerprint density at radius 2 is 1.85 bits per heavy atom. The number of aromatic nitrogens is 2. The van der Waals surface area contributed by atoms with Crippen LogP contribution in [0.3, 0.4) is 0 Å². The molecule has 1 rings (SSSR count). The molecule has 0 N–H and O–H groups in total. The van der Waals surface area contributed by atoms with Crippen LogP contribution in [0.25, 0.3) is 0 Å². The van der Waals surface area contributed by atoms with Gasteiger partial charge in [-0.25, -0.2) is 9.97 Å². The second kappa shape index (κ2) is 4.35. The summed E-state index contributed by atoms with van der Waals surface area (Å²) in [5, 5.41) is 0. The zero-order valence-electron chi connectivity index (χ0n) is 8.91. The Morgan fingerprint density at radius 3 is 2.38 bits per heavy atom. The predicted molar refractivity (Wildman–Crippen MR) is 54.7 cm³/mol. The fourth-order valence-corrected chi connectivity index (χ4v) is 1.26. The monoisotopic (exact) mass is 178 g/mol. The normalized spacial score (nSPS) is 11.2. The zero-order chi connectivity index (χ0) is 9.84. The second-order valence-electron chi connectivity index (χ2n) is 4.19. The lowest BCUT2D eigenvalue weighted by Gasteiger charge is -2.07. The van der Waals surface area contributed by atoms with Gasteiger partial charge in [0.15, 0.2) is 0 Å². The van der Waals surface area contributed by atoms with Gasteiger partial charge in [0.25, 0.3) is 0 Å². The molecule has 0 bridgehead atoms. The van der Waals surface area contributed by atoms with Gasteiger partial charge in [0, 0.05) is 11.4 Å². The summed E-state index contributed by atoms with van der Waals surface area (Å²) < 4.78 is 0. The molecule has 1 aromatic heterocycles. The Bertz CT molecular complexity index is 267. The minimum atomic E-state index is 0.494. The Labute approximate surface area is 80.4 Å². The first-order valence-corrected chi connectivity index (χ1v) is 4.90. The van der Waals surface area contributed by atoms with Gasteiger partial charge in [-0.2, -0.15) is 0 Å². The highest BCUT2D eigenvalue weighted by Gasteiger charge is 2.04. The van der Waals surface area contributed by atoms with Crippen molar-refractivity contribution in [3.05, 3.63) is 23.8 Å². The molecule has 2 nitrogen and oxygen atoms in total. The van der Waals surface area contributed by atoms with Crippen LogP contribution in [0.2, 0.25) is 0 Å². The van der Waals surface area contributed by atoms with Gasteiger partial charge in [-0.3, -0.25) is 0 Å². The molecular weight excluding hydrogens is 160 g/mol. The van der Waals surface area contributed by atoms with Crippen LogP contribution < -0.4 is 0 Å². The van der Waals surface area contributed by atoms with Crippen molar-refractivity contribution < 1.29 is 0 Å². The quantitative estimate of drug-likeness (QED) is 0.711. The maximum absolute atomic E-state index is 4.25. The molecule has 0 saturated heterocycles. The van der Waals surface area contributed by atoms with Gasteiger partial charge in [-0.15, -0.1) is 0 Å². The largest absolute Gasteiger partial charge is 0.241 e. The number of hydrogen-bond acceptors (Lipinski definition) is 2. The van der Waals surface area contributed by atoms with E-state index < -0.39 is 0 Å². The molecule has 0 unspecified atom stereocenters. The van der Waals surface area contributed by atoms with E-state index in [4.69, 9.17) is 0 Å². The third kappa shape index (κ3) is 3.13. The van der Waals surface area contributed by atoms with Crippen molar-refractivity contribution in [1.29, 1.82) is 0 Å². The average Bonchev–Trinajstić information content (AvgIpc) is 2.03. The van der Waals surface area contributed by atoms with E-state index in [0.717, 1.165) is 17.8 Å². The molecule has 0 saturated carbocycles. The van der Waals surface area contributed by atoms with Gasteiger partial charge in [-0.1, -0.05) is 27.7 Å². The average molecular weight is 178 g/mol. The van der Waals surface area contributed by atoms with E-state index >= 15 is 0 Å². The van der Waals surface area contributed by atoms with E-state index in [1.54, 1.807) is 6.33 Å². The third-order valence-corrected chi connectivity index (χ3v) is 1.95. The van der Waals surface area contributed by atoms with Crippen LogP contribution in [0.15, 0.2) is 12.4 Å². The summed E-state index contributed by atoms with van der Waals surface area (Å²) in [7, 11) is 0. The summed E-state index contributed by atoms with van der Waals surface area (Å²) in [6.45, 7) is 8.72. The summed E-state index contributed by atoms with van der Waals surface area (Å²) in [5.41, 5.74) is 2.30. The van der Waals surface area contributed by atoms with Crippen molar-refractivity contribution in [1.82, 2.24) is 9.97 Å². The molecule has 2 heteroatoms. The molecule has 0 fully saturated rings. The minimum Gasteiger partial charge on any atom is -0.241 e. The third-order valence-electron chi connectivity index (χ3n) is 1.95. The van der Waals surface area contributed by atoms with Crippen LogP contribution in [0.4, 0.5) is 0 Å². The molecule has 0 spiro atoms. The van der Waals surface area contributed by atoms with Crippen molar-refractivity contribution >= 4 is 0 Å². The number of hydrogen-bond donors (Lipinski definition) is 0. The van der Waals surface area contributed by atoms with Crippen molar-refractivity contribution in [2.24, 2.45) is 5.92 Å². The number of nitrogens with zero attached hydrogens (tertiary/aromatic N) is 2. The van der Waals surface area contributed by atoms with Gasteiger partial charge < -0.3 is 0 Å². The standard InChI is InChI=1S/C11H18N2/c1-8(2)5-10-6-11(9(3)4)13-7-12-10/h6-9H,5H2,1-4H3. The van der Waals surface area contributed by atoms with Crippen LogP contribution in [-0.4, -0.2) is 9.97 Å². The fraction of sp³-hybridized carbons (Fsp3) is 0.636. The summed E-state index contributed by atoms with van der Waals surface area (Å²) in [6, 6.07) is 2.12. The number of rotatable bonds is 3. The van der Waals surface area contributed by atoms with Crippen LogP contribution in [0.5, 0.6) is 0 Å². The first-order valence-electron chi connectivity index (χ1n) is 4.90. The first kappa shape index (κ1) is 10.2. The lowest BCUT2D eigenvalue weighted by atomic mass is 10.0. The highest BCUT2D eigenvalue weighted by atomic mass is 14.8. The van der Waals surface area contributed by atoms with E-state index in [9.17, 15) is 0 Å². The molecule has 0 aliphatic rings. The summed E-state index contributed by atoms with van der Waals surface area (Å²) in [5.74, 6) is 1.16. The molecule has 0 amide bonds. The van der Waals surface area contributed by atoms with Crippen molar-refractivity contribution in [2.45, 2.75) is 40.0 Å². The molecule has 0 aromatic carbocycles. The van der Waals surface area contributed by atoms with E-state index in [1.165, 1.54) is 0 Å². The van der Waals surface area contributed by atoms with Crippen molar-refractivity contribution in [3.63, 3.8) is 0 Å². The smallest absolute Gasteiger partial charge is 0.115 e. The van der Waals surface area contributed by atoms with Crippen molar-refractivity contribution in [2.75, 3.05) is 0 Å². The van der Waals surface area contributed by atoms with Gasteiger partial charge in [-0.05, 0) is 24.3 Å². The summed E-state index contributed by atoms with van der Waals surface area (Å²) >= 11 is 0. The van der Waals surface area contributed by atoms with Gasteiger partial charge in [0.1, 0.15) is 6.33 Å². The van der Waals surface area contributed by atoms with Gasteiger partial charge in [0.2, 0.25) is 0 Å². The maximum atomic E-state index is 4.25. The second-order valence-corrected chi connectivity index (χ2v) is 4.19. The zero-order valence-corrected chi connectivity index (χ0v) is 8.91. The van der Waals surface area contributed by atoms with Crippen LogP contribution in [0.1, 0.15) is 45.0 Å². The van der Waals surface area contributed by atoms with E-state index in [-0.39, 0.29) is 0 Å². The van der Waals surface area contributed by atoms with E-state index in [1.807, 2.05) is 0 Å². The minimum absolute atomic E-state index is 0.494. The predicted octanol–water partition coefficient (Wildman–Crippen LogP) is 2.80. The Hall–Kier alpha value is -0.920. The molecule has 1 aromatic rings. The molecular formula is C11H18N2. The van der Waals surface area contributed by atoms with Crippen LogP contribution >= 0.6 is 0 Å².